The maximum atomic E-state index is 12.2. The molecule has 6 heteroatoms. The SMILES string of the molecule is CC1(C)CC(NS(=O)(=O)CCC2CCCCN2)CCO1. The number of piperidine rings is 1. The van der Waals surface area contributed by atoms with Crippen LogP contribution in [0.2, 0.25) is 0 Å². The predicted octanol–water partition coefficient (Wildman–Crippen LogP) is 1.40. The van der Waals surface area contributed by atoms with Gasteiger partial charge in [0.05, 0.1) is 11.4 Å². The fraction of sp³-hybridized carbons (Fsp3) is 1.00. The molecule has 0 bridgehead atoms. The van der Waals surface area contributed by atoms with E-state index in [1.54, 1.807) is 0 Å². The molecule has 0 aromatic rings. The minimum absolute atomic E-state index is 0.0167. The Kier molecular flexibility index (Phi) is 5.45. The molecule has 2 atom stereocenters. The number of hydrogen-bond donors (Lipinski definition) is 2. The highest BCUT2D eigenvalue weighted by molar-refractivity contribution is 7.89. The monoisotopic (exact) mass is 304 g/mol. The first-order valence-corrected chi connectivity index (χ1v) is 9.39. The van der Waals surface area contributed by atoms with Crippen molar-refractivity contribution in [3.05, 3.63) is 0 Å². The molecule has 2 rings (SSSR count). The molecule has 2 fully saturated rings. The van der Waals surface area contributed by atoms with Crippen molar-refractivity contribution in [3.8, 4) is 0 Å². The Morgan fingerprint density at radius 2 is 2.10 bits per heavy atom. The molecule has 118 valence electrons. The van der Waals surface area contributed by atoms with Crippen molar-refractivity contribution in [3.63, 3.8) is 0 Å². The van der Waals surface area contributed by atoms with Crippen LogP contribution in [0.3, 0.4) is 0 Å². The van der Waals surface area contributed by atoms with Crippen LogP contribution < -0.4 is 10.0 Å². The fourth-order valence-corrected chi connectivity index (χ4v) is 4.53. The van der Waals surface area contributed by atoms with E-state index >= 15 is 0 Å². The van der Waals surface area contributed by atoms with Gasteiger partial charge in [-0.15, -0.1) is 0 Å². The van der Waals surface area contributed by atoms with Crippen LogP contribution >= 0.6 is 0 Å². The highest BCUT2D eigenvalue weighted by atomic mass is 32.2. The second-order valence-corrected chi connectivity index (χ2v) is 8.54. The van der Waals surface area contributed by atoms with Gasteiger partial charge in [0.15, 0.2) is 0 Å². The lowest BCUT2D eigenvalue weighted by atomic mass is 9.95. The average molecular weight is 304 g/mol. The molecule has 2 heterocycles. The summed E-state index contributed by atoms with van der Waals surface area (Å²) in [5.74, 6) is 0.225. The molecule has 0 saturated carbocycles. The summed E-state index contributed by atoms with van der Waals surface area (Å²) in [7, 11) is -3.18. The van der Waals surface area contributed by atoms with Gasteiger partial charge in [-0.1, -0.05) is 6.42 Å². The zero-order valence-electron chi connectivity index (χ0n) is 12.7. The summed E-state index contributed by atoms with van der Waals surface area (Å²) in [4.78, 5) is 0. The Hall–Kier alpha value is -0.170. The van der Waals surface area contributed by atoms with E-state index in [1.165, 1.54) is 12.8 Å². The van der Waals surface area contributed by atoms with Crippen molar-refractivity contribution in [2.45, 2.75) is 70.1 Å². The van der Waals surface area contributed by atoms with Gasteiger partial charge in [-0.25, -0.2) is 13.1 Å². The third-order valence-electron chi connectivity index (χ3n) is 4.19. The van der Waals surface area contributed by atoms with E-state index in [1.807, 2.05) is 13.8 Å². The van der Waals surface area contributed by atoms with Gasteiger partial charge in [-0.05, 0) is 52.5 Å². The van der Waals surface area contributed by atoms with Crippen molar-refractivity contribution in [1.82, 2.24) is 10.0 Å². The van der Waals surface area contributed by atoms with E-state index in [-0.39, 0.29) is 17.4 Å². The topological polar surface area (TPSA) is 67.4 Å². The van der Waals surface area contributed by atoms with Crippen molar-refractivity contribution in [1.29, 1.82) is 0 Å². The number of sulfonamides is 1. The smallest absolute Gasteiger partial charge is 0.211 e. The summed E-state index contributed by atoms with van der Waals surface area (Å²) in [5.41, 5.74) is -0.226. The van der Waals surface area contributed by atoms with E-state index in [0.717, 1.165) is 25.8 Å². The first-order chi connectivity index (χ1) is 9.36. The Morgan fingerprint density at radius 3 is 2.75 bits per heavy atom. The maximum Gasteiger partial charge on any atom is 0.211 e. The van der Waals surface area contributed by atoms with Gasteiger partial charge in [0.25, 0.3) is 0 Å². The average Bonchev–Trinajstić information content (AvgIpc) is 2.36. The third-order valence-corrected chi connectivity index (χ3v) is 5.66. The van der Waals surface area contributed by atoms with Gasteiger partial charge in [-0.3, -0.25) is 0 Å². The first kappa shape index (κ1) is 16.2. The van der Waals surface area contributed by atoms with Crippen molar-refractivity contribution in [2.75, 3.05) is 18.9 Å². The van der Waals surface area contributed by atoms with Crippen LogP contribution in [-0.4, -0.2) is 45.0 Å². The van der Waals surface area contributed by atoms with E-state index in [4.69, 9.17) is 4.74 Å². The summed E-state index contributed by atoms with van der Waals surface area (Å²) >= 11 is 0. The molecule has 2 aliphatic heterocycles. The van der Waals surface area contributed by atoms with Crippen LogP contribution in [0.4, 0.5) is 0 Å². The highest BCUT2D eigenvalue weighted by Crippen LogP contribution is 2.24. The van der Waals surface area contributed by atoms with Crippen molar-refractivity contribution in [2.24, 2.45) is 0 Å². The minimum atomic E-state index is -3.18. The molecular weight excluding hydrogens is 276 g/mol. The molecule has 0 spiro atoms. The summed E-state index contributed by atoms with van der Waals surface area (Å²) in [6, 6.07) is 0.384. The van der Waals surface area contributed by atoms with Crippen molar-refractivity contribution < 1.29 is 13.2 Å². The highest BCUT2D eigenvalue weighted by Gasteiger charge is 2.31. The van der Waals surface area contributed by atoms with E-state index in [9.17, 15) is 8.42 Å². The molecule has 0 aliphatic carbocycles. The lowest BCUT2D eigenvalue weighted by Crippen LogP contribution is -2.47. The summed E-state index contributed by atoms with van der Waals surface area (Å²) < 4.78 is 32.8. The summed E-state index contributed by atoms with van der Waals surface area (Å²) in [6.07, 6.45) is 5.73. The molecule has 2 saturated heterocycles. The molecule has 2 aliphatic rings. The number of ether oxygens (including phenoxy) is 1. The van der Waals surface area contributed by atoms with E-state index in [2.05, 4.69) is 10.0 Å². The lowest BCUT2D eigenvalue weighted by molar-refractivity contribution is -0.0599. The van der Waals surface area contributed by atoms with Gasteiger partial charge in [0, 0.05) is 18.7 Å². The Morgan fingerprint density at radius 1 is 1.30 bits per heavy atom. The standard InChI is InChI=1S/C14H28N2O3S/c1-14(2)11-13(6-9-19-14)16-20(17,18)10-7-12-5-3-4-8-15-12/h12-13,15-16H,3-11H2,1-2H3. The molecule has 2 unspecified atom stereocenters. The van der Waals surface area contributed by atoms with Crippen LogP contribution in [0.15, 0.2) is 0 Å². The molecule has 2 N–H and O–H groups in total. The molecule has 0 radical (unpaired) electrons. The Balaban J connectivity index is 1.78. The molecule has 20 heavy (non-hydrogen) atoms. The molecular formula is C14H28N2O3S. The van der Waals surface area contributed by atoms with Gasteiger partial charge >= 0.3 is 0 Å². The maximum absolute atomic E-state index is 12.2. The van der Waals surface area contributed by atoms with Crippen LogP contribution in [0.1, 0.15) is 52.4 Å². The van der Waals surface area contributed by atoms with Gasteiger partial charge < -0.3 is 10.1 Å². The van der Waals surface area contributed by atoms with E-state index < -0.39 is 10.0 Å². The normalized spacial score (nSPS) is 31.1. The summed E-state index contributed by atoms with van der Waals surface area (Å²) in [5, 5.41) is 3.40. The van der Waals surface area contributed by atoms with Gasteiger partial charge in [-0.2, -0.15) is 0 Å². The fourth-order valence-electron chi connectivity index (χ4n) is 3.11. The lowest BCUT2D eigenvalue weighted by Gasteiger charge is -2.35. The zero-order chi connectivity index (χ0) is 14.6. The number of rotatable bonds is 5. The van der Waals surface area contributed by atoms with Gasteiger partial charge in [0.2, 0.25) is 10.0 Å². The number of nitrogens with one attached hydrogen (secondary N) is 2. The Labute approximate surface area is 122 Å². The first-order valence-electron chi connectivity index (χ1n) is 7.74. The predicted molar refractivity (Wildman–Crippen MR) is 80.2 cm³/mol. The van der Waals surface area contributed by atoms with E-state index in [0.29, 0.717) is 19.1 Å². The molecule has 0 aromatic heterocycles. The zero-order valence-corrected chi connectivity index (χ0v) is 13.5. The second kappa shape index (κ2) is 6.73. The van der Waals surface area contributed by atoms with Crippen LogP contribution in [0.25, 0.3) is 0 Å². The quantitative estimate of drug-likeness (QED) is 0.805. The van der Waals surface area contributed by atoms with Crippen LogP contribution in [-0.2, 0) is 14.8 Å². The Bertz CT molecular complexity index is 403. The summed E-state index contributed by atoms with van der Waals surface area (Å²) in [6.45, 7) is 5.68. The van der Waals surface area contributed by atoms with Crippen LogP contribution in [0, 0.1) is 0 Å². The molecule has 5 nitrogen and oxygen atoms in total. The second-order valence-electron chi connectivity index (χ2n) is 6.67. The minimum Gasteiger partial charge on any atom is -0.375 e. The van der Waals surface area contributed by atoms with Crippen molar-refractivity contribution >= 4 is 10.0 Å². The number of hydrogen-bond acceptors (Lipinski definition) is 4. The molecule has 0 amide bonds. The van der Waals surface area contributed by atoms with Gasteiger partial charge in [0.1, 0.15) is 0 Å². The third kappa shape index (κ3) is 5.31. The van der Waals surface area contributed by atoms with Crippen LogP contribution in [0.5, 0.6) is 0 Å². The largest absolute Gasteiger partial charge is 0.375 e. The molecule has 0 aromatic carbocycles.